The van der Waals surface area contributed by atoms with Crippen LogP contribution in [0.2, 0.25) is 0 Å². The van der Waals surface area contributed by atoms with Gasteiger partial charge < -0.3 is 38.2 Å². The molecule has 1 aliphatic heterocycles. The number of amides is 1. The van der Waals surface area contributed by atoms with Gasteiger partial charge in [0.05, 0.1) is 26.9 Å². The van der Waals surface area contributed by atoms with Crippen molar-refractivity contribution in [2.24, 2.45) is 0 Å². The minimum Gasteiger partial charge on any atom is -0.497 e. The summed E-state index contributed by atoms with van der Waals surface area (Å²) in [6, 6.07) is 25.6. The second kappa shape index (κ2) is 20.8. The van der Waals surface area contributed by atoms with Crippen LogP contribution in [-0.4, -0.2) is 80.6 Å². The van der Waals surface area contributed by atoms with Crippen LogP contribution >= 0.6 is 7.60 Å². The topological polar surface area (TPSA) is 150 Å². The Morgan fingerprint density at radius 2 is 1.50 bits per heavy atom. The maximum atomic E-state index is 13.9. The number of halogens is 3. The fourth-order valence-corrected chi connectivity index (χ4v) is 8.14. The number of benzene rings is 3. The number of methoxy groups -OCH3 is 2. The molecule has 4 atom stereocenters. The maximum absolute atomic E-state index is 13.9. The number of hydrogen-bond donors (Lipinski definition) is 1. The number of nitrogens with one attached hydrogen (secondary N) is 1. The van der Waals surface area contributed by atoms with E-state index < -0.39 is 55.0 Å². The van der Waals surface area contributed by atoms with Gasteiger partial charge in [0, 0.05) is 38.4 Å². The molecule has 1 aliphatic rings. The number of carbonyl (C=O) groups excluding carboxylic acids is 1. The first-order chi connectivity index (χ1) is 28.7. The minimum atomic E-state index is -4.96. The van der Waals surface area contributed by atoms with E-state index in [4.69, 9.17) is 34.6 Å². The second-order valence-electron chi connectivity index (χ2n) is 14.0. The van der Waals surface area contributed by atoms with Crippen molar-refractivity contribution in [1.82, 2.24) is 14.5 Å². The van der Waals surface area contributed by atoms with Gasteiger partial charge in [0.1, 0.15) is 36.0 Å². The molecule has 322 valence electrons. The number of unbranched alkanes of at least 4 members (excludes halogenated alkanes) is 3. The lowest BCUT2D eigenvalue weighted by Crippen LogP contribution is -2.40. The fourth-order valence-electron chi connectivity index (χ4n) is 6.95. The molecule has 1 saturated heterocycles. The van der Waals surface area contributed by atoms with Gasteiger partial charge in [0.15, 0.2) is 0 Å². The van der Waals surface area contributed by atoms with Gasteiger partial charge in [-0.1, -0.05) is 67.4 Å². The summed E-state index contributed by atoms with van der Waals surface area (Å²) in [7, 11) is -0.640. The Kier molecular flexibility index (Phi) is 15.9. The Labute approximate surface area is 345 Å². The van der Waals surface area contributed by atoms with Gasteiger partial charge in [0.2, 0.25) is 6.54 Å². The second-order valence-corrected chi connectivity index (χ2v) is 16.0. The third kappa shape index (κ3) is 11.5. The van der Waals surface area contributed by atoms with Crippen LogP contribution in [0.1, 0.15) is 55.0 Å². The number of nitrogens with zero attached hydrogens (tertiary/aromatic N) is 3. The van der Waals surface area contributed by atoms with E-state index in [-0.39, 0.29) is 45.7 Å². The molecular formula is C42H48F3N4O10P. The largest absolute Gasteiger partial charge is 0.497 e. The van der Waals surface area contributed by atoms with Crippen molar-refractivity contribution < 1.29 is 50.5 Å². The van der Waals surface area contributed by atoms with Crippen LogP contribution in [0, 0.1) is 6.57 Å². The number of alkyl halides is 3. The van der Waals surface area contributed by atoms with E-state index >= 15 is 0 Å². The number of carbonyl (C=O) groups is 1. The highest BCUT2D eigenvalue weighted by Gasteiger charge is 2.45. The first kappa shape index (κ1) is 45.8. The first-order valence-electron chi connectivity index (χ1n) is 19.3. The van der Waals surface area contributed by atoms with Crippen molar-refractivity contribution in [3.8, 4) is 11.5 Å². The molecule has 0 aliphatic carbocycles. The van der Waals surface area contributed by atoms with E-state index in [9.17, 15) is 32.1 Å². The van der Waals surface area contributed by atoms with Gasteiger partial charge in [-0.2, -0.15) is 13.2 Å². The van der Waals surface area contributed by atoms with Gasteiger partial charge >= 0.3 is 25.4 Å². The monoisotopic (exact) mass is 856 g/mol. The Morgan fingerprint density at radius 3 is 2.08 bits per heavy atom. The molecule has 1 amide bonds. The van der Waals surface area contributed by atoms with Crippen LogP contribution in [0.4, 0.5) is 13.2 Å². The summed E-state index contributed by atoms with van der Waals surface area (Å²) in [4.78, 5) is 41.0. The molecule has 0 radical (unpaired) electrons. The van der Waals surface area contributed by atoms with Gasteiger partial charge in [-0.25, -0.2) is 11.4 Å². The highest BCUT2D eigenvalue weighted by Crippen LogP contribution is 2.49. The highest BCUT2D eigenvalue weighted by atomic mass is 31.2. The lowest BCUT2D eigenvalue weighted by Gasteiger charge is -2.37. The molecule has 1 fully saturated rings. The number of ether oxygens (including phenoxy) is 4. The Balaban J connectivity index is 1.43. The molecule has 3 aromatic carbocycles. The summed E-state index contributed by atoms with van der Waals surface area (Å²) < 4.78 is 89.4. The zero-order valence-corrected chi connectivity index (χ0v) is 34.4. The molecule has 5 rings (SSSR count). The lowest BCUT2D eigenvalue weighted by molar-refractivity contribution is -0.173. The standard InChI is InChI=1S/C42H48F3N4O10P/c1-46-24-27-57-60(4,53)59-35-28-38(49-26-22-37(50)48(40(49)52)25-11-6-5-10-23-47-39(51)42(43,44)45)58-36(35)29-56-41(30-12-8-7-9-13-30,31-14-18-33(54-2)19-15-31)32-16-20-34(55-3)21-17-32/h7-9,12-22,26,35-36,38H,5-6,10-11,23-25,27-29H2,2-4H3,(H,47,51)/t35-,36-,38-,60?/m1/s1. The molecule has 2 heterocycles. The molecule has 0 saturated carbocycles. The lowest BCUT2D eigenvalue weighted by atomic mass is 9.80. The van der Waals surface area contributed by atoms with E-state index in [1.54, 1.807) is 14.2 Å². The smallest absolute Gasteiger partial charge is 0.471 e. The van der Waals surface area contributed by atoms with Gasteiger partial charge in [-0.15, -0.1) is 0 Å². The molecule has 18 heteroatoms. The summed E-state index contributed by atoms with van der Waals surface area (Å²) in [6.07, 6.45) is -4.98. The van der Waals surface area contributed by atoms with Crippen molar-refractivity contribution >= 4 is 13.5 Å². The molecule has 14 nitrogen and oxygen atoms in total. The fraction of sp³-hybridized carbons (Fsp3) is 0.429. The van der Waals surface area contributed by atoms with Crippen molar-refractivity contribution in [1.29, 1.82) is 0 Å². The van der Waals surface area contributed by atoms with Gasteiger partial charge in [0.25, 0.3) is 5.56 Å². The molecule has 1 N–H and O–H groups in total. The summed E-state index contributed by atoms with van der Waals surface area (Å²) in [5, 5.41) is 1.82. The molecule has 1 aromatic heterocycles. The molecule has 60 heavy (non-hydrogen) atoms. The van der Waals surface area contributed by atoms with E-state index in [1.807, 2.05) is 84.2 Å². The van der Waals surface area contributed by atoms with E-state index in [1.165, 1.54) is 23.5 Å². The first-order valence-corrected chi connectivity index (χ1v) is 21.3. The number of hydrogen-bond acceptors (Lipinski definition) is 10. The van der Waals surface area contributed by atoms with Crippen LogP contribution in [0.5, 0.6) is 11.5 Å². The third-order valence-electron chi connectivity index (χ3n) is 9.93. The maximum Gasteiger partial charge on any atom is 0.471 e. The number of aromatic nitrogens is 2. The average Bonchev–Trinajstić information content (AvgIpc) is 3.62. The Bertz CT molecular complexity index is 2180. The average molecular weight is 857 g/mol. The van der Waals surface area contributed by atoms with Crippen molar-refractivity contribution in [3.05, 3.63) is 140 Å². The summed E-state index contributed by atoms with van der Waals surface area (Å²) >= 11 is 0. The van der Waals surface area contributed by atoms with Crippen molar-refractivity contribution in [3.63, 3.8) is 0 Å². The highest BCUT2D eigenvalue weighted by molar-refractivity contribution is 7.53. The molecule has 4 aromatic rings. The van der Waals surface area contributed by atoms with Crippen molar-refractivity contribution in [2.75, 3.05) is 47.2 Å². The van der Waals surface area contributed by atoms with E-state index in [0.29, 0.717) is 30.8 Å². The van der Waals surface area contributed by atoms with E-state index in [2.05, 4.69) is 4.85 Å². The Hall–Kier alpha value is -5.24. The van der Waals surface area contributed by atoms with Gasteiger partial charge in [-0.05, 0) is 53.8 Å². The van der Waals surface area contributed by atoms with Gasteiger partial charge in [-0.3, -0.25) is 23.3 Å². The number of rotatable bonds is 21. The minimum absolute atomic E-state index is 0.00318. The normalized spacial score (nSPS) is 17.7. The summed E-state index contributed by atoms with van der Waals surface area (Å²) in [6.45, 7) is 7.91. The van der Waals surface area contributed by atoms with E-state index in [0.717, 1.165) is 21.3 Å². The zero-order chi connectivity index (χ0) is 43.3. The molecule has 1 unspecified atom stereocenters. The zero-order valence-electron chi connectivity index (χ0n) is 33.5. The molecular weight excluding hydrogens is 808 g/mol. The predicted octanol–water partition coefficient (Wildman–Crippen LogP) is 6.71. The predicted molar refractivity (Wildman–Crippen MR) is 215 cm³/mol. The van der Waals surface area contributed by atoms with Crippen LogP contribution in [0.15, 0.2) is 101 Å². The van der Waals surface area contributed by atoms with Crippen LogP contribution in [-0.2, 0) is 40.0 Å². The van der Waals surface area contributed by atoms with Crippen LogP contribution in [0.25, 0.3) is 4.85 Å². The Morgan fingerprint density at radius 1 is 0.900 bits per heavy atom. The molecule has 0 spiro atoms. The third-order valence-corrected chi connectivity index (χ3v) is 11.2. The summed E-state index contributed by atoms with van der Waals surface area (Å²) in [5.74, 6) is -0.748. The SMILES string of the molecule is [C-]#[N+]CCOP(C)(=O)O[C@@H]1C[C@H](n2ccc(=O)n(CCCCCCNC(=O)C(F)(F)F)c2=O)O[C@@H]1COC(c1ccccc1)(c1ccc(OC)cc1)c1ccc(OC)cc1. The van der Waals surface area contributed by atoms with Crippen LogP contribution < -0.4 is 26.0 Å². The van der Waals surface area contributed by atoms with Crippen molar-refractivity contribution in [2.45, 2.75) is 68.9 Å². The molecule has 0 bridgehead atoms. The summed E-state index contributed by atoms with van der Waals surface area (Å²) in [5.41, 5.74) is -0.243. The van der Waals surface area contributed by atoms with Crippen LogP contribution in [0.3, 0.4) is 0 Å². The quantitative estimate of drug-likeness (QED) is 0.0415.